The number of carbonyl (C=O) groups excluding carboxylic acids is 1. The Kier molecular flexibility index (Phi) is 29.8. The number of hydrogen-bond donors (Lipinski definition) is 1. The van der Waals surface area contributed by atoms with Gasteiger partial charge in [0.25, 0.3) is 11.4 Å². The Morgan fingerprint density at radius 3 is 1.36 bits per heavy atom. The molecule has 288 valence electrons. The number of nitro benzene ring substituents is 2. The number of non-ortho nitro benzene ring substituents is 1. The number of rotatable bonds is 37. The molecule has 0 aliphatic rings. The van der Waals surface area contributed by atoms with Crippen molar-refractivity contribution in [2.24, 2.45) is 0 Å². The van der Waals surface area contributed by atoms with Crippen molar-refractivity contribution in [1.29, 1.82) is 0 Å². The second kappa shape index (κ2) is 33.1. The van der Waals surface area contributed by atoms with E-state index >= 15 is 0 Å². The number of unbranched alkanes of at least 4 members (excludes halogenated alkanes) is 2. The zero-order valence-electron chi connectivity index (χ0n) is 29.2. The Labute approximate surface area is 293 Å². The Morgan fingerprint density at radius 2 is 0.980 bits per heavy atom. The van der Waals surface area contributed by atoms with Crippen LogP contribution in [0.15, 0.2) is 18.2 Å². The monoisotopic (exact) mass is 721 g/mol. The van der Waals surface area contributed by atoms with Crippen LogP contribution in [0.1, 0.15) is 32.6 Å². The average molecular weight is 722 g/mol. The Morgan fingerprint density at radius 1 is 0.580 bits per heavy atom. The fraction of sp³-hybridized carbons (Fsp3) is 0.781. The molecule has 18 heteroatoms. The van der Waals surface area contributed by atoms with E-state index in [2.05, 4.69) is 12.2 Å². The first-order chi connectivity index (χ1) is 24.5. The molecule has 0 aliphatic carbocycles. The highest BCUT2D eigenvalue weighted by Gasteiger charge is 2.19. The maximum absolute atomic E-state index is 11.5. The third kappa shape index (κ3) is 26.8. The van der Waals surface area contributed by atoms with E-state index in [1.165, 1.54) is 12.1 Å². The Balaban J connectivity index is 1.73. The Hall–Kier alpha value is -3.07. The molecule has 0 unspecified atom stereocenters. The summed E-state index contributed by atoms with van der Waals surface area (Å²) in [6, 6.07) is 3.42. The van der Waals surface area contributed by atoms with Gasteiger partial charge >= 0.3 is 5.97 Å². The van der Waals surface area contributed by atoms with Crippen molar-refractivity contribution in [3.63, 3.8) is 0 Å². The summed E-state index contributed by atoms with van der Waals surface area (Å²) in [4.78, 5) is 32.0. The molecule has 1 N–H and O–H groups in total. The van der Waals surface area contributed by atoms with Crippen LogP contribution in [0.2, 0.25) is 0 Å². The minimum Gasteiger partial charge on any atom is -0.463 e. The predicted molar refractivity (Wildman–Crippen MR) is 181 cm³/mol. The smallest absolute Gasteiger partial charge is 0.305 e. The lowest BCUT2D eigenvalue weighted by molar-refractivity contribution is -0.393. The van der Waals surface area contributed by atoms with Gasteiger partial charge in [-0.1, -0.05) is 19.8 Å². The second-order valence-electron chi connectivity index (χ2n) is 10.3. The van der Waals surface area contributed by atoms with Crippen LogP contribution < -0.4 is 5.32 Å². The van der Waals surface area contributed by atoms with Crippen molar-refractivity contribution in [1.82, 2.24) is 0 Å². The fourth-order valence-electron chi connectivity index (χ4n) is 3.86. The molecule has 1 aromatic carbocycles. The standard InChI is InChI=1S/C32H55N3O15/c1-2-3-4-5-32(36)50-27-26-49-25-24-48-23-22-47-21-20-46-19-18-45-17-16-44-15-14-43-13-12-42-11-10-41-9-8-33-30-7-6-29(34(37)38)28-31(30)35(39)40/h6-7,28,33H,2-5,8-27H2,1H3. The molecule has 0 amide bonds. The molecular weight excluding hydrogens is 666 g/mol. The summed E-state index contributed by atoms with van der Waals surface area (Å²) in [7, 11) is 0. The van der Waals surface area contributed by atoms with E-state index in [0.29, 0.717) is 119 Å². The van der Waals surface area contributed by atoms with Crippen molar-refractivity contribution >= 4 is 23.0 Å². The number of nitrogens with one attached hydrogen (secondary N) is 1. The van der Waals surface area contributed by atoms with Gasteiger partial charge in [-0.25, -0.2) is 0 Å². The molecule has 50 heavy (non-hydrogen) atoms. The lowest BCUT2D eigenvalue weighted by Gasteiger charge is -2.09. The van der Waals surface area contributed by atoms with Gasteiger partial charge in [-0.3, -0.25) is 25.0 Å². The minimum absolute atomic E-state index is 0.173. The molecule has 0 bridgehead atoms. The molecular formula is C32H55N3O15. The van der Waals surface area contributed by atoms with Gasteiger partial charge in [0.15, 0.2) is 0 Å². The Bertz CT molecular complexity index is 1010. The summed E-state index contributed by atoms with van der Waals surface area (Å²) < 4.78 is 54.0. The van der Waals surface area contributed by atoms with Crippen LogP contribution in [0.25, 0.3) is 0 Å². The molecule has 0 saturated heterocycles. The van der Waals surface area contributed by atoms with Gasteiger partial charge in [0.2, 0.25) is 0 Å². The van der Waals surface area contributed by atoms with Gasteiger partial charge in [0, 0.05) is 19.0 Å². The zero-order chi connectivity index (χ0) is 36.3. The number of hydrogen-bond acceptors (Lipinski definition) is 16. The molecule has 1 rings (SSSR count). The molecule has 0 fully saturated rings. The van der Waals surface area contributed by atoms with E-state index in [9.17, 15) is 25.0 Å². The van der Waals surface area contributed by atoms with Gasteiger partial charge in [-0.15, -0.1) is 0 Å². The highest BCUT2D eigenvalue weighted by atomic mass is 16.6. The van der Waals surface area contributed by atoms with E-state index in [0.717, 1.165) is 25.3 Å². The summed E-state index contributed by atoms with van der Waals surface area (Å²) in [6.45, 7) is 10.2. The van der Waals surface area contributed by atoms with Crippen molar-refractivity contribution in [2.45, 2.75) is 32.6 Å². The molecule has 0 radical (unpaired) electrons. The van der Waals surface area contributed by atoms with E-state index in [1.807, 2.05) is 0 Å². The number of esters is 1. The maximum Gasteiger partial charge on any atom is 0.305 e. The van der Waals surface area contributed by atoms with Gasteiger partial charge in [-0.05, 0) is 12.5 Å². The third-order valence-corrected chi connectivity index (χ3v) is 6.40. The van der Waals surface area contributed by atoms with Crippen LogP contribution in [0.3, 0.4) is 0 Å². The molecule has 0 aromatic heterocycles. The predicted octanol–water partition coefficient (Wildman–Crippen LogP) is 3.19. The summed E-state index contributed by atoms with van der Waals surface area (Å²) in [5.74, 6) is -0.173. The molecule has 0 atom stereocenters. The van der Waals surface area contributed by atoms with E-state index < -0.39 is 9.85 Å². The first-order valence-corrected chi connectivity index (χ1v) is 17.0. The number of nitro groups is 2. The first kappa shape index (κ1) is 45.0. The van der Waals surface area contributed by atoms with Crippen molar-refractivity contribution in [3.05, 3.63) is 38.4 Å². The lowest BCUT2D eigenvalue weighted by Crippen LogP contribution is -2.16. The normalized spacial score (nSPS) is 11.1. The largest absolute Gasteiger partial charge is 0.463 e. The molecule has 0 aliphatic heterocycles. The van der Waals surface area contributed by atoms with Crippen LogP contribution in [0.5, 0.6) is 0 Å². The molecule has 1 aromatic rings. The molecule has 0 heterocycles. The van der Waals surface area contributed by atoms with Gasteiger partial charge < -0.3 is 52.7 Å². The second-order valence-corrected chi connectivity index (χ2v) is 10.3. The number of anilines is 1. The summed E-state index contributed by atoms with van der Waals surface area (Å²) >= 11 is 0. The quantitative estimate of drug-likeness (QED) is 0.0453. The third-order valence-electron chi connectivity index (χ3n) is 6.40. The van der Waals surface area contributed by atoms with Crippen molar-refractivity contribution in [3.8, 4) is 0 Å². The number of carbonyl (C=O) groups is 1. The van der Waals surface area contributed by atoms with E-state index in [-0.39, 0.29) is 42.8 Å². The highest BCUT2D eigenvalue weighted by Crippen LogP contribution is 2.28. The fourth-order valence-corrected chi connectivity index (χ4v) is 3.86. The van der Waals surface area contributed by atoms with E-state index in [1.54, 1.807) is 0 Å². The minimum atomic E-state index is -0.683. The zero-order valence-corrected chi connectivity index (χ0v) is 29.2. The highest BCUT2D eigenvalue weighted by molar-refractivity contribution is 5.69. The molecule has 0 saturated carbocycles. The SMILES string of the molecule is CCCCCC(=O)OCCOCCOCCOCCOCCOCCOCCOCCOCCOCCNc1ccc([N+](=O)[O-])cc1[N+](=O)[O-]. The first-order valence-electron chi connectivity index (χ1n) is 17.0. The summed E-state index contributed by atoms with van der Waals surface area (Å²) in [5.41, 5.74) is -0.533. The average Bonchev–Trinajstić information content (AvgIpc) is 3.10. The van der Waals surface area contributed by atoms with Crippen molar-refractivity contribution in [2.75, 3.05) is 137 Å². The van der Waals surface area contributed by atoms with Gasteiger partial charge in [-0.2, -0.15) is 0 Å². The van der Waals surface area contributed by atoms with Crippen LogP contribution in [-0.4, -0.2) is 148 Å². The maximum atomic E-state index is 11.5. The summed E-state index contributed by atoms with van der Waals surface area (Å²) in [5, 5.41) is 24.8. The van der Waals surface area contributed by atoms with Gasteiger partial charge in [0.05, 0.1) is 135 Å². The number of ether oxygens (including phenoxy) is 10. The lowest BCUT2D eigenvalue weighted by atomic mass is 10.2. The van der Waals surface area contributed by atoms with E-state index in [4.69, 9.17) is 47.4 Å². The number of nitrogens with zero attached hydrogens (tertiary/aromatic N) is 2. The molecule has 18 nitrogen and oxygen atoms in total. The van der Waals surface area contributed by atoms with Crippen LogP contribution in [0, 0.1) is 20.2 Å². The van der Waals surface area contributed by atoms with Crippen LogP contribution in [0.4, 0.5) is 17.1 Å². The van der Waals surface area contributed by atoms with Gasteiger partial charge in [0.1, 0.15) is 12.3 Å². The number of benzene rings is 1. The summed E-state index contributed by atoms with van der Waals surface area (Å²) in [6.07, 6.45) is 3.44. The van der Waals surface area contributed by atoms with Crippen LogP contribution >= 0.6 is 0 Å². The van der Waals surface area contributed by atoms with Crippen LogP contribution in [-0.2, 0) is 52.2 Å². The molecule has 0 spiro atoms. The topological polar surface area (TPSA) is 208 Å². The van der Waals surface area contributed by atoms with Crippen molar-refractivity contribution < 1.29 is 62.0 Å².